The van der Waals surface area contributed by atoms with E-state index in [1.54, 1.807) is 0 Å². The third-order valence-corrected chi connectivity index (χ3v) is 6.06. The predicted octanol–water partition coefficient (Wildman–Crippen LogP) is 8.61. The summed E-state index contributed by atoms with van der Waals surface area (Å²) in [6.45, 7) is 6.74. The molecule has 0 aliphatic carbocycles. The molecule has 0 bridgehead atoms. The largest absolute Gasteiger partial charge is 0.354 e. The monoisotopic (exact) mass is 409 g/mol. The molecule has 1 nitrogen and oxygen atoms in total. The minimum Gasteiger partial charge on any atom is -0.354 e. The Hall–Kier alpha value is -3.03. The molecule has 30 heavy (non-hydrogen) atoms. The molecule has 0 saturated heterocycles. The maximum Gasteiger partial charge on any atom is 0.0477 e. The highest BCUT2D eigenvalue weighted by Gasteiger charge is 2.16. The summed E-state index contributed by atoms with van der Waals surface area (Å²) in [7, 11) is 0. The topological polar surface area (TPSA) is 15.8 Å². The summed E-state index contributed by atoms with van der Waals surface area (Å²) in [4.78, 5) is 3.60. The highest BCUT2D eigenvalue weighted by atomic mass is 35.5. The summed E-state index contributed by atoms with van der Waals surface area (Å²) in [5.41, 5.74) is 8.58. The van der Waals surface area contributed by atoms with Crippen molar-refractivity contribution in [1.29, 1.82) is 0 Å². The predicted molar refractivity (Wildman–Crippen MR) is 130 cm³/mol. The first-order valence-corrected chi connectivity index (χ1v) is 10.7. The second-order valence-corrected chi connectivity index (χ2v) is 9.39. The molecule has 4 aromatic carbocycles. The van der Waals surface area contributed by atoms with Gasteiger partial charge in [-0.1, -0.05) is 87.0 Å². The van der Waals surface area contributed by atoms with Crippen molar-refractivity contribution in [3.63, 3.8) is 0 Å². The lowest BCUT2D eigenvalue weighted by molar-refractivity contribution is 0.590. The van der Waals surface area contributed by atoms with E-state index in [0.29, 0.717) is 0 Å². The van der Waals surface area contributed by atoms with E-state index in [0.717, 1.165) is 21.4 Å². The molecule has 0 aliphatic heterocycles. The molecule has 2 heteroatoms. The summed E-state index contributed by atoms with van der Waals surface area (Å²) >= 11 is 6.34. The Labute approximate surface area is 182 Å². The first-order chi connectivity index (χ1) is 14.4. The normalized spacial score (nSPS) is 12.0. The van der Waals surface area contributed by atoms with Gasteiger partial charge < -0.3 is 4.98 Å². The van der Waals surface area contributed by atoms with Crippen LogP contribution in [0.3, 0.4) is 0 Å². The summed E-state index contributed by atoms with van der Waals surface area (Å²) < 4.78 is 0. The van der Waals surface area contributed by atoms with Crippen LogP contribution < -0.4 is 0 Å². The first-order valence-electron chi connectivity index (χ1n) is 10.3. The van der Waals surface area contributed by atoms with Crippen molar-refractivity contribution < 1.29 is 0 Å². The molecule has 1 N–H and O–H groups in total. The summed E-state index contributed by atoms with van der Waals surface area (Å²) in [5, 5.41) is 3.13. The zero-order chi connectivity index (χ0) is 20.9. The maximum absolute atomic E-state index is 6.34. The second kappa shape index (κ2) is 7.04. The Morgan fingerprint density at radius 1 is 0.667 bits per heavy atom. The van der Waals surface area contributed by atoms with E-state index in [9.17, 15) is 0 Å². The summed E-state index contributed by atoms with van der Waals surface area (Å²) in [6, 6.07) is 30.1. The fourth-order valence-corrected chi connectivity index (χ4v) is 4.36. The van der Waals surface area contributed by atoms with Crippen molar-refractivity contribution in [2.24, 2.45) is 0 Å². The Kier molecular flexibility index (Phi) is 4.45. The minimum absolute atomic E-state index is 0.147. The van der Waals surface area contributed by atoms with Gasteiger partial charge in [0, 0.05) is 26.8 Å². The standard InChI is InChI=1S/C28H24ClN/c1-28(2,3)21-11-9-18(10-12-21)20-15-23(19-7-5-4-6-8-19)27-24-17-22(29)13-14-25(24)30-26(27)16-20/h4-17,30H,1-3H3. The number of rotatable bonds is 2. The zero-order valence-electron chi connectivity index (χ0n) is 17.5. The van der Waals surface area contributed by atoms with Crippen molar-refractivity contribution in [2.45, 2.75) is 26.2 Å². The van der Waals surface area contributed by atoms with E-state index in [4.69, 9.17) is 11.6 Å². The highest BCUT2D eigenvalue weighted by Crippen LogP contribution is 2.39. The smallest absolute Gasteiger partial charge is 0.0477 e. The van der Waals surface area contributed by atoms with Gasteiger partial charge in [0.25, 0.3) is 0 Å². The number of hydrogen-bond donors (Lipinski definition) is 1. The van der Waals surface area contributed by atoms with Crippen LogP contribution in [0.2, 0.25) is 5.02 Å². The molecule has 0 saturated carbocycles. The van der Waals surface area contributed by atoms with Gasteiger partial charge >= 0.3 is 0 Å². The van der Waals surface area contributed by atoms with Crippen LogP contribution in [0.4, 0.5) is 0 Å². The van der Waals surface area contributed by atoms with Gasteiger partial charge in [-0.25, -0.2) is 0 Å². The Morgan fingerprint density at radius 3 is 2.10 bits per heavy atom. The SMILES string of the molecule is CC(C)(C)c1ccc(-c2cc(-c3ccccc3)c3c(c2)[nH]c2ccc(Cl)cc23)cc1. The second-order valence-electron chi connectivity index (χ2n) is 8.95. The van der Waals surface area contributed by atoms with E-state index in [-0.39, 0.29) is 5.41 Å². The van der Waals surface area contributed by atoms with Crippen LogP contribution >= 0.6 is 11.6 Å². The molecule has 0 radical (unpaired) electrons. The minimum atomic E-state index is 0.147. The lowest BCUT2D eigenvalue weighted by Crippen LogP contribution is -2.10. The Bertz CT molecular complexity index is 1350. The van der Waals surface area contributed by atoms with Crippen LogP contribution in [0.15, 0.2) is 84.9 Å². The lowest BCUT2D eigenvalue weighted by Gasteiger charge is -2.19. The van der Waals surface area contributed by atoms with Gasteiger partial charge in [-0.05, 0) is 63.6 Å². The zero-order valence-corrected chi connectivity index (χ0v) is 18.2. The van der Waals surface area contributed by atoms with Crippen LogP contribution in [0.1, 0.15) is 26.3 Å². The van der Waals surface area contributed by atoms with Crippen LogP contribution in [0.25, 0.3) is 44.1 Å². The average Bonchev–Trinajstić information content (AvgIpc) is 3.11. The number of hydrogen-bond acceptors (Lipinski definition) is 0. The van der Waals surface area contributed by atoms with Gasteiger partial charge in [0.1, 0.15) is 0 Å². The van der Waals surface area contributed by atoms with Crippen molar-refractivity contribution in [2.75, 3.05) is 0 Å². The van der Waals surface area contributed by atoms with E-state index in [1.165, 1.54) is 33.2 Å². The molecule has 0 unspecified atom stereocenters. The average molecular weight is 410 g/mol. The van der Waals surface area contributed by atoms with E-state index >= 15 is 0 Å². The molecular formula is C28H24ClN. The number of halogens is 1. The van der Waals surface area contributed by atoms with Gasteiger partial charge in [-0.15, -0.1) is 0 Å². The molecule has 0 amide bonds. The lowest BCUT2D eigenvalue weighted by atomic mass is 9.86. The van der Waals surface area contributed by atoms with Crippen LogP contribution in [0.5, 0.6) is 0 Å². The molecule has 0 fully saturated rings. The van der Waals surface area contributed by atoms with Gasteiger partial charge in [-0.2, -0.15) is 0 Å². The maximum atomic E-state index is 6.34. The number of H-pyrrole nitrogens is 1. The summed E-state index contributed by atoms with van der Waals surface area (Å²) in [6.07, 6.45) is 0. The van der Waals surface area contributed by atoms with Crippen LogP contribution in [-0.4, -0.2) is 4.98 Å². The van der Waals surface area contributed by atoms with Gasteiger partial charge in [0.15, 0.2) is 0 Å². The third-order valence-electron chi connectivity index (χ3n) is 5.83. The molecule has 1 aromatic heterocycles. The molecular weight excluding hydrogens is 386 g/mol. The van der Waals surface area contributed by atoms with Gasteiger partial charge in [0.2, 0.25) is 0 Å². The quantitative estimate of drug-likeness (QED) is 0.300. The Balaban J connectivity index is 1.78. The van der Waals surface area contributed by atoms with Crippen molar-refractivity contribution in [3.8, 4) is 22.3 Å². The van der Waals surface area contributed by atoms with E-state index in [1.807, 2.05) is 6.07 Å². The fraction of sp³-hybridized carbons (Fsp3) is 0.143. The van der Waals surface area contributed by atoms with Gasteiger partial charge in [0.05, 0.1) is 0 Å². The molecule has 0 aliphatic rings. The van der Waals surface area contributed by atoms with Crippen molar-refractivity contribution in [1.82, 2.24) is 4.98 Å². The van der Waals surface area contributed by atoms with Crippen LogP contribution in [-0.2, 0) is 5.41 Å². The van der Waals surface area contributed by atoms with Crippen molar-refractivity contribution >= 4 is 33.4 Å². The molecule has 5 aromatic rings. The third kappa shape index (κ3) is 3.30. The molecule has 0 spiro atoms. The molecule has 1 heterocycles. The number of nitrogens with one attached hydrogen (secondary N) is 1. The number of aromatic amines is 1. The number of aromatic nitrogens is 1. The molecule has 148 valence electrons. The van der Waals surface area contributed by atoms with Crippen molar-refractivity contribution in [3.05, 3.63) is 95.5 Å². The van der Waals surface area contributed by atoms with Gasteiger partial charge in [-0.3, -0.25) is 0 Å². The Morgan fingerprint density at radius 2 is 1.40 bits per heavy atom. The first kappa shape index (κ1) is 19.0. The highest BCUT2D eigenvalue weighted by molar-refractivity contribution is 6.32. The molecule has 5 rings (SSSR count). The van der Waals surface area contributed by atoms with E-state index < -0.39 is 0 Å². The van der Waals surface area contributed by atoms with Crippen LogP contribution in [0, 0.1) is 0 Å². The number of fused-ring (bicyclic) bond motifs is 3. The summed E-state index contributed by atoms with van der Waals surface area (Å²) in [5.74, 6) is 0. The fourth-order valence-electron chi connectivity index (χ4n) is 4.18. The number of benzene rings is 4. The van der Waals surface area contributed by atoms with E-state index in [2.05, 4.69) is 105 Å². The molecule has 0 atom stereocenters.